The van der Waals surface area contributed by atoms with Gasteiger partial charge in [-0.25, -0.2) is 0 Å². The Bertz CT molecular complexity index is 776. The van der Waals surface area contributed by atoms with Crippen molar-refractivity contribution in [3.05, 3.63) is 71.4 Å². The molecule has 3 N–H and O–H groups in total. The van der Waals surface area contributed by atoms with Crippen LogP contribution in [0.25, 0.3) is 10.9 Å². The van der Waals surface area contributed by atoms with Crippen LogP contribution in [0.15, 0.2) is 54.6 Å². The lowest BCUT2D eigenvalue weighted by atomic mass is 9.90. The number of hydrogen-bond acceptors (Lipinski definition) is 2. The van der Waals surface area contributed by atoms with Crippen LogP contribution in [0.5, 0.6) is 0 Å². The molecule has 1 aromatic heterocycles. The maximum atomic E-state index is 3.79. The van der Waals surface area contributed by atoms with Crippen molar-refractivity contribution in [2.45, 2.75) is 18.5 Å². The monoisotopic (exact) mass is 291 g/mol. The lowest BCUT2D eigenvalue weighted by molar-refractivity contribution is 0.422. The molecule has 2 aromatic carbocycles. The summed E-state index contributed by atoms with van der Waals surface area (Å²) in [4.78, 5) is 3.64. The van der Waals surface area contributed by atoms with Crippen molar-refractivity contribution in [1.82, 2.24) is 15.6 Å². The van der Waals surface area contributed by atoms with Crippen LogP contribution in [0.2, 0.25) is 0 Å². The first kappa shape index (κ1) is 13.6. The third-order valence-electron chi connectivity index (χ3n) is 4.57. The Kier molecular flexibility index (Phi) is 3.45. The molecule has 0 amide bonds. The first-order valence-corrected chi connectivity index (χ1v) is 7.92. The molecule has 2 heterocycles. The van der Waals surface area contributed by atoms with Crippen LogP contribution in [0.4, 0.5) is 0 Å². The van der Waals surface area contributed by atoms with E-state index in [1.165, 1.54) is 27.7 Å². The highest BCUT2D eigenvalue weighted by atomic mass is 15.0. The van der Waals surface area contributed by atoms with E-state index < -0.39 is 0 Å². The van der Waals surface area contributed by atoms with Crippen LogP contribution in [-0.2, 0) is 6.42 Å². The topological polar surface area (TPSA) is 39.9 Å². The Hall–Kier alpha value is -2.10. The Morgan fingerprint density at radius 2 is 1.82 bits per heavy atom. The third kappa shape index (κ3) is 2.23. The summed E-state index contributed by atoms with van der Waals surface area (Å²) in [5, 5.41) is 8.46. The number of nitrogens with one attached hydrogen (secondary N) is 3. The molecule has 4 rings (SSSR count). The van der Waals surface area contributed by atoms with Gasteiger partial charge in [0, 0.05) is 29.2 Å². The van der Waals surface area contributed by atoms with Gasteiger partial charge in [0.25, 0.3) is 0 Å². The molecule has 3 nitrogen and oxygen atoms in total. The van der Waals surface area contributed by atoms with E-state index in [1.54, 1.807) is 0 Å². The van der Waals surface area contributed by atoms with Gasteiger partial charge in [-0.3, -0.25) is 0 Å². The number of rotatable bonds is 3. The summed E-state index contributed by atoms with van der Waals surface area (Å²) >= 11 is 0. The van der Waals surface area contributed by atoms with Crippen molar-refractivity contribution in [1.29, 1.82) is 0 Å². The molecule has 0 aliphatic carbocycles. The summed E-state index contributed by atoms with van der Waals surface area (Å²) in [7, 11) is 2.02. The fourth-order valence-corrected chi connectivity index (χ4v) is 3.60. The van der Waals surface area contributed by atoms with Crippen LogP contribution < -0.4 is 10.6 Å². The summed E-state index contributed by atoms with van der Waals surface area (Å²) in [5.41, 5.74) is 5.33. The largest absolute Gasteiger partial charge is 0.357 e. The average Bonchev–Trinajstić information content (AvgIpc) is 2.94. The van der Waals surface area contributed by atoms with Gasteiger partial charge >= 0.3 is 0 Å². The summed E-state index contributed by atoms with van der Waals surface area (Å²) in [5.74, 6) is 0. The molecule has 1 aliphatic heterocycles. The minimum atomic E-state index is 0.232. The highest BCUT2D eigenvalue weighted by Crippen LogP contribution is 2.34. The second kappa shape index (κ2) is 5.59. The third-order valence-corrected chi connectivity index (χ3v) is 4.57. The van der Waals surface area contributed by atoms with Crippen molar-refractivity contribution in [2.75, 3.05) is 13.6 Å². The minimum Gasteiger partial charge on any atom is -0.357 e. The van der Waals surface area contributed by atoms with Gasteiger partial charge < -0.3 is 15.6 Å². The molecule has 1 aliphatic rings. The van der Waals surface area contributed by atoms with E-state index in [2.05, 4.69) is 70.2 Å². The molecule has 0 radical (unpaired) electrons. The Morgan fingerprint density at radius 3 is 2.64 bits per heavy atom. The number of H-pyrrole nitrogens is 1. The van der Waals surface area contributed by atoms with E-state index in [1.807, 2.05) is 7.05 Å². The van der Waals surface area contributed by atoms with E-state index >= 15 is 0 Å². The summed E-state index contributed by atoms with van der Waals surface area (Å²) in [6.45, 7) is 0.974. The normalized spacial score (nSPS) is 21.0. The van der Waals surface area contributed by atoms with Crippen LogP contribution in [0.3, 0.4) is 0 Å². The number of hydrogen-bond donors (Lipinski definition) is 3. The molecule has 112 valence electrons. The first-order chi connectivity index (χ1) is 10.9. The molecular formula is C19H21N3. The van der Waals surface area contributed by atoms with Crippen molar-refractivity contribution in [3.63, 3.8) is 0 Å². The zero-order valence-electron chi connectivity index (χ0n) is 12.8. The van der Waals surface area contributed by atoms with Crippen molar-refractivity contribution in [3.8, 4) is 0 Å². The molecule has 3 aromatic rings. The van der Waals surface area contributed by atoms with Crippen LogP contribution in [0, 0.1) is 0 Å². The van der Waals surface area contributed by atoms with Gasteiger partial charge in [-0.15, -0.1) is 0 Å². The molecule has 3 heteroatoms. The van der Waals surface area contributed by atoms with Gasteiger partial charge in [0.2, 0.25) is 0 Å². The molecule has 2 unspecified atom stereocenters. The number of aromatic amines is 1. The lowest BCUT2D eigenvalue weighted by Gasteiger charge is -2.31. The number of likely N-dealkylation sites (N-methyl/N-ethyl adjacent to an activating group) is 1. The Morgan fingerprint density at radius 1 is 1.05 bits per heavy atom. The average molecular weight is 291 g/mol. The number of benzene rings is 2. The Balaban J connectivity index is 1.86. The van der Waals surface area contributed by atoms with Gasteiger partial charge in [0.1, 0.15) is 0 Å². The molecule has 2 atom stereocenters. The minimum absolute atomic E-state index is 0.232. The summed E-state index contributed by atoms with van der Waals surface area (Å²) < 4.78 is 0. The van der Waals surface area contributed by atoms with E-state index in [0.29, 0.717) is 6.04 Å². The molecule has 0 saturated heterocycles. The number of para-hydroxylation sites is 1. The van der Waals surface area contributed by atoms with Crippen LogP contribution in [0.1, 0.15) is 22.9 Å². The molecule has 0 spiro atoms. The molecule has 22 heavy (non-hydrogen) atoms. The molecule has 0 bridgehead atoms. The molecular weight excluding hydrogens is 270 g/mol. The van der Waals surface area contributed by atoms with Gasteiger partial charge in [0.15, 0.2) is 0 Å². The zero-order chi connectivity index (χ0) is 14.9. The fourth-order valence-electron chi connectivity index (χ4n) is 3.60. The fraction of sp³-hybridized carbons (Fsp3) is 0.263. The van der Waals surface area contributed by atoms with Gasteiger partial charge in [-0.1, -0.05) is 48.5 Å². The van der Waals surface area contributed by atoms with Gasteiger partial charge in [0.05, 0.1) is 6.04 Å². The van der Waals surface area contributed by atoms with Crippen LogP contribution >= 0.6 is 0 Å². The second-order valence-corrected chi connectivity index (χ2v) is 6.03. The van der Waals surface area contributed by atoms with Crippen LogP contribution in [-0.4, -0.2) is 24.6 Å². The van der Waals surface area contributed by atoms with E-state index in [9.17, 15) is 0 Å². The lowest BCUT2D eigenvalue weighted by Crippen LogP contribution is -2.45. The highest BCUT2D eigenvalue weighted by Gasteiger charge is 2.29. The summed E-state index contributed by atoms with van der Waals surface area (Å²) in [6.07, 6.45) is 1.06. The van der Waals surface area contributed by atoms with Crippen molar-refractivity contribution >= 4 is 10.9 Å². The standard InChI is InChI=1S/C19H21N3/c1-20-12-14-11-16-15-9-5-6-10-17(15)22-19(16)18(21-14)13-7-3-2-4-8-13/h2-10,14,18,20-22H,11-12H2,1H3. The van der Waals surface area contributed by atoms with E-state index in [4.69, 9.17) is 0 Å². The smallest absolute Gasteiger partial charge is 0.0734 e. The van der Waals surface area contributed by atoms with Gasteiger partial charge in [-0.2, -0.15) is 0 Å². The maximum Gasteiger partial charge on any atom is 0.0734 e. The summed E-state index contributed by atoms with van der Waals surface area (Å²) in [6, 6.07) is 20.0. The molecule has 0 fully saturated rings. The number of fused-ring (bicyclic) bond motifs is 3. The quantitative estimate of drug-likeness (QED) is 0.694. The first-order valence-electron chi connectivity index (χ1n) is 7.92. The van der Waals surface area contributed by atoms with E-state index in [-0.39, 0.29) is 6.04 Å². The maximum absolute atomic E-state index is 3.79. The van der Waals surface area contributed by atoms with Crippen molar-refractivity contribution in [2.24, 2.45) is 0 Å². The zero-order valence-corrected chi connectivity index (χ0v) is 12.8. The predicted molar refractivity (Wildman–Crippen MR) is 91.1 cm³/mol. The van der Waals surface area contributed by atoms with E-state index in [0.717, 1.165) is 13.0 Å². The SMILES string of the molecule is CNCC1Cc2c([nH]c3ccccc23)C(c2ccccc2)N1. The Labute approximate surface area is 130 Å². The highest BCUT2D eigenvalue weighted by molar-refractivity contribution is 5.85. The number of aromatic nitrogens is 1. The van der Waals surface area contributed by atoms with Gasteiger partial charge in [-0.05, 0) is 30.7 Å². The molecule has 0 saturated carbocycles. The van der Waals surface area contributed by atoms with Crippen molar-refractivity contribution < 1.29 is 0 Å². The predicted octanol–water partition coefficient (Wildman–Crippen LogP) is 2.99. The second-order valence-electron chi connectivity index (χ2n) is 6.03.